The Bertz CT molecular complexity index is 543. The first kappa shape index (κ1) is 10.5. The molecule has 0 saturated heterocycles. The van der Waals surface area contributed by atoms with Crippen molar-refractivity contribution in [1.82, 2.24) is 5.32 Å². The van der Waals surface area contributed by atoms with Crippen LogP contribution in [-0.4, -0.2) is 6.54 Å². The summed E-state index contributed by atoms with van der Waals surface area (Å²) in [5, 5.41) is 3.43. The van der Waals surface area contributed by atoms with Gasteiger partial charge in [0.1, 0.15) is 0 Å². The maximum absolute atomic E-state index is 3.43. The maximum atomic E-state index is 3.43. The molecule has 0 amide bonds. The molecule has 0 radical (unpaired) electrons. The van der Waals surface area contributed by atoms with Crippen LogP contribution in [0.4, 0.5) is 0 Å². The SMILES string of the molecule is Cc1cccc(-c2ccc3c(c2)CNCC3)c1. The highest BCUT2D eigenvalue weighted by Gasteiger charge is 2.09. The van der Waals surface area contributed by atoms with E-state index >= 15 is 0 Å². The normalized spacial score (nSPS) is 14.4. The van der Waals surface area contributed by atoms with E-state index in [1.807, 2.05) is 0 Å². The van der Waals surface area contributed by atoms with Crippen LogP contribution in [0.2, 0.25) is 0 Å². The Morgan fingerprint density at radius 1 is 0.941 bits per heavy atom. The summed E-state index contributed by atoms with van der Waals surface area (Å²) in [7, 11) is 0. The lowest BCUT2D eigenvalue weighted by atomic mass is 9.95. The number of benzene rings is 2. The van der Waals surface area contributed by atoms with Crippen molar-refractivity contribution in [3.8, 4) is 11.1 Å². The second kappa shape index (κ2) is 4.34. The summed E-state index contributed by atoms with van der Waals surface area (Å²) < 4.78 is 0. The Kier molecular flexibility index (Phi) is 2.69. The van der Waals surface area contributed by atoms with Crippen molar-refractivity contribution in [2.75, 3.05) is 6.54 Å². The highest BCUT2D eigenvalue weighted by Crippen LogP contribution is 2.24. The molecular formula is C16H17N. The topological polar surface area (TPSA) is 12.0 Å². The molecule has 0 atom stereocenters. The van der Waals surface area contributed by atoms with Gasteiger partial charge in [-0.1, -0.05) is 42.0 Å². The standard InChI is InChI=1S/C16H17N/c1-12-3-2-4-14(9-12)15-6-5-13-7-8-17-11-16(13)10-15/h2-6,9-10,17H,7-8,11H2,1H3. The summed E-state index contributed by atoms with van der Waals surface area (Å²) in [4.78, 5) is 0. The number of fused-ring (bicyclic) bond motifs is 1. The Hall–Kier alpha value is -1.60. The maximum Gasteiger partial charge on any atom is 0.0208 e. The van der Waals surface area contributed by atoms with E-state index in [-0.39, 0.29) is 0 Å². The van der Waals surface area contributed by atoms with Gasteiger partial charge in [0.15, 0.2) is 0 Å². The van der Waals surface area contributed by atoms with Crippen LogP contribution in [0, 0.1) is 6.92 Å². The zero-order valence-corrected chi connectivity index (χ0v) is 10.2. The third-order valence-electron chi connectivity index (χ3n) is 3.44. The predicted octanol–water partition coefficient (Wildman–Crippen LogP) is 3.31. The summed E-state index contributed by atoms with van der Waals surface area (Å²) in [6.45, 7) is 4.26. The number of hydrogen-bond donors (Lipinski definition) is 1. The largest absolute Gasteiger partial charge is 0.312 e. The Balaban J connectivity index is 2.04. The van der Waals surface area contributed by atoms with Gasteiger partial charge in [0, 0.05) is 6.54 Å². The number of aryl methyl sites for hydroxylation is 1. The van der Waals surface area contributed by atoms with Crippen molar-refractivity contribution >= 4 is 0 Å². The highest BCUT2D eigenvalue weighted by atomic mass is 14.9. The van der Waals surface area contributed by atoms with Gasteiger partial charge in [-0.05, 0) is 48.2 Å². The molecule has 17 heavy (non-hydrogen) atoms. The average Bonchev–Trinajstić information content (AvgIpc) is 2.38. The van der Waals surface area contributed by atoms with E-state index in [0.29, 0.717) is 0 Å². The van der Waals surface area contributed by atoms with Gasteiger partial charge in [-0.3, -0.25) is 0 Å². The second-order valence-corrected chi connectivity index (χ2v) is 4.78. The molecule has 0 aromatic heterocycles. The summed E-state index contributed by atoms with van der Waals surface area (Å²) in [6.07, 6.45) is 1.16. The minimum atomic E-state index is 1.01. The summed E-state index contributed by atoms with van der Waals surface area (Å²) in [6, 6.07) is 15.6. The predicted molar refractivity (Wildman–Crippen MR) is 72.0 cm³/mol. The highest BCUT2D eigenvalue weighted by molar-refractivity contribution is 5.65. The molecule has 1 aliphatic rings. The van der Waals surface area contributed by atoms with Crippen LogP contribution in [0.15, 0.2) is 42.5 Å². The van der Waals surface area contributed by atoms with Crippen LogP contribution in [0.5, 0.6) is 0 Å². The first-order chi connectivity index (χ1) is 8.33. The van der Waals surface area contributed by atoms with Gasteiger partial charge in [0.05, 0.1) is 0 Å². The van der Waals surface area contributed by atoms with Crippen molar-refractivity contribution in [2.45, 2.75) is 19.9 Å². The molecule has 0 fully saturated rings. The van der Waals surface area contributed by atoms with Crippen molar-refractivity contribution < 1.29 is 0 Å². The smallest absolute Gasteiger partial charge is 0.0208 e. The second-order valence-electron chi connectivity index (χ2n) is 4.78. The molecule has 1 nitrogen and oxygen atoms in total. The van der Waals surface area contributed by atoms with Gasteiger partial charge in [-0.2, -0.15) is 0 Å². The lowest BCUT2D eigenvalue weighted by Crippen LogP contribution is -2.23. The molecular weight excluding hydrogens is 206 g/mol. The molecule has 0 spiro atoms. The molecule has 0 saturated carbocycles. The molecule has 0 aliphatic carbocycles. The van der Waals surface area contributed by atoms with Crippen LogP contribution < -0.4 is 5.32 Å². The molecule has 0 unspecified atom stereocenters. The molecule has 1 aliphatic heterocycles. The lowest BCUT2D eigenvalue weighted by Gasteiger charge is -2.18. The molecule has 2 aromatic rings. The zero-order valence-electron chi connectivity index (χ0n) is 10.2. The fraction of sp³-hybridized carbons (Fsp3) is 0.250. The Morgan fingerprint density at radius 2 is 1.82 bits per heavy atom. The van der Waals surface area contributed by atoms with E-state index in [0.717, 1.165) is 19.5 Å². The quantitative estimate of drug-likeness (QED) is 0.782. The number of hydrogen-bond acceptors (Lipinski definition) is 1. The minimum Gasteiger partial charge on any atom is -0.312 e. The third kappa shape index (κ3) is 2.11. The summed E-state index contributed by atoms with van der Waals surface area (Å²) in [5.41, 5.74) is 6.92. The van der Waals surface area contributed by atoms with Gasteiger partial charge in [0.2, 0.25) is 0 Å². The van der Waals surface area contributed by atoms with Gasteiger partial charge < -0.3 is 5.32 Å². The first-order valence-electron chi connectivity index (χ1n) is 6.22. The molecule has 1 heteroatoms. The van der Waals surface area contributed by atoms with E-state index in [4.69, 9.17) is 0 Å². The van der Waals surface area contributed by atoms with E-state index in [1.165, 1.54) is 27.8 Å². The Labute approximate surface area is 102 Å². The van der Waals surface area contributed by atoms with E-state index in [9.17, 15) is 0 Å². The van der Waals surface area contributed by atoms with Gasteiger partial charge >= 0.3 is 0 Å². The van der Waals surface area contributed by atoms with E-state index in [2.05, 4.69) is 54.7 Å². The van der Waals surface area contributed by atoms with Crippen LogP contribution in [0.1, 0.15) is 16.7 Å². The van der Waals surface area contributed by atoms with Crippen LogP contribution in [0.25, 0.3) is 11.1 Å². The number of nitrogens with one attached hydrogen (secondary N) is 1. The van der Waals surface area contributed by atoms with Crippen LogP contribution in [-0.2, 0) is 13.0 Å². The molecule has 0 bridgehead atoms. The minimum absolute atomic E-state index is 1.01. The molecule has 1 heterocycles. The fourth-order valence-electron chi connectivity index (χ4n) is 2.48. The van der Waals surface area contributed by atoms with Gasteiger partial charge in [-0.25, -0.2) is 0 Å². The Morgan fingerprint density at radius 3 is 2.71 bits per heavy atom. The average molecular weight is 223 g/mol. The van der Waals surface area contributed by atoms with Gasteiger partial charge in [-0.15, -0.1) is 0 Å². The molecule has 86 valence electrons. The summed E-state index contributed by atoms with van der Waals surface area (Å²) in [5.74, 6) is 0. The van der Waals surface area contributed by atoms with Crippen LogP contribution >= 0.6 is 0 Å². The number of rotatable bonds is 1. The third-order valence-corrected chi connectivity index (χ3v) is 3.44. The summed E-state index contributed by atoms with van der Waals surface area (Å²) >= 11 is 0. The van der Waals surface area contributed by atoms with Crippen molar-refractivity contribution in [3.63, 3.8) is 0 Å². The van der Waals surface area contributed by atoms with Crippen LogP contribution in [0.3, 0.4) is 0 Å². The molecule has 3 rings (SSSR count). The molecule has 1 N–H and O–H groups in total. The van der Waals surface area contributed by atoms with E-state index in [1.54, 1.807) is 0 Å². The fourth-order valence-corrected chi connectivity index (χ4v) is 2.48. The van der Waals surface area contributed by atoms with Crippen molar-refractivity contribution in [3.05, 3.63) is 59.2 Å². The van der Waals surface area contributed by atoms with Gasteiger partial charge in [0.25, 0.3) is 0 Å². The lowest BCUT2D eigenvalue weighted by molar-refractivity contribution is 0.644. The van der Waals surface area contributed by atoms with E-state index < -0.39 is 0 Å². The monoisotopic (exact) mass is 223 g/mol. The van der Waals surface area contributed by atoms with Crippen molar-refractivity contribution in [2.24, 2.45) is 0 Å². The van der Waals surface area contributed by atoms with Crippen molar-refractivity contribution in [1.29, 1.82) is 0 Å². The molecule has 2 aromatic carbocycles. The zero-order chi connectivity index (χ0) is 11.7. The first-order valence-corrected chi connectivity index (χ1v) is 6.22.